The zero-order chi connectivity index (χ0) is 13.1. The summed E-state index contributed by atoms with van der Waals surface area (Å²) in [7, 11) is 1.94. The fraction of sp³-hybridized carbons (Fsp3) is 0.583. The largest absolute Gasteiger partial charge is 0.465 e. The lowest BCUT2D eigenvalue weighted by atomic mass is 10.0. The topological polar surface area (TPSA) is 29.5 Å². The first-order chi connectivity index (χ1) is 7.87. The Bertz CT molecular complexity index is 390. The summed E-state index contributed by atoms with van der Waals surface area (Å²) in [6, 6.07) is 2.07. The van der Waals surface area contributed by atoms with Gasteiger partial charge in [-0.05, 0) is 49.8 Å². The van der Waals surface area contributed by atoms with Gasteiger partial charge in [0, 0.05) is 21.3 Å². The van der Waals surface area contributed by atoms with Crippen LogP contribution in [0.2, 0.25) is 0 Å². The Morgan fingerprint density at radius 2 is 2.24 bits per heavy atom. The van der Waals surface area contributed by atoms with Gasteiger partial charge < -0.3 is 4.74 Å². The fourth-order valence-corrected chi connectivity index (χ4v) is 2.84. The molecule has 0 aliphatic rings. The van der Waals surface area contributed by atoms with Crippen molar-refractivity contribution in [2.45, 2.75) is 32.9 Å². The molecule has 0 N–H and O–H groups in total. The molecular formula is C12H18BrNO2S. The second-order valence-electron chi connectivity index (χ2n) is 4.37. The fourth-order valence-electron chi connectivity index (χ4n) is 1.33. The molecule has 0 saturated heterocycles. The summed E-state index contributed by atoms with van der Waals surface area (Å²) in [4.78, 5) is 15.1. The highest BCUT2D eigenvalue weighted by Gasteiger charge is 2.33. The minimum Gasteiger partial charge on any atom is -0.465 e. The van der Waals surface area contributed by atoms with Gasteiger partial charge in [-0.3, -0.25) is 9.69 Å². The van der Waals surface area contributed by atoms with Crippen LogP contribution in [0.25, 0.3) is 0 Å². The van der Waals surface area contributed by atoms with Gasteiger partial charge in [-0.25, -0.2) is 0 Å². The van der Waals surface area contributed by atoms with Crippen molar-refractivity contribution in [1.82, 2.24) is 4.90 Å². The Morgan fingerprint density at radius 3 is 2.71 bits per heavy atom. The average Bonchev–Trinajstić information content (AvgIpc) is 2.64. The van der Waals surface area contributed by atoms with E-state index >= 15 is 0 Å². The van der Waals surface area contributed by atoms with Crippen molar-refractivity contribution in [3.63, 3.8) is 0 Å². The summed E-state index contributed by atoms with van der Waals surface area (Å²) in [6.45, 7) is 6.74. The van der Waals surface area contributed by atoms with Crippen molar-refractivity contribution in [2.24, 2.45) is 0 Å². The summed E-state index contributed by atoms with van der Waals surface area (Å²) >= 11 is 5.10. The molecule has 0 bridgehead atoms. The second kappa shape index (κ2) is 5.98. The number of rotatable bonds is 5. The van der Waals surface area contributed by atoms with Gasteiger partial charge in [-0.2, -0.15) is 0 Å². The SMILES string of the molecule is CCOC(=O)C(C)(C)N(C)Cc1cc(Br)cs1. The van der Waals surface area contributed by atoms with Crippen molar-refractivity contribution in [1.29, 1.82) is 0 Å². The van der Waals surface area contributed by atoms with Gasteiger partial charge in [-0.1, -0.05) is 0 Å². The van der Waals surface area contributed by atoms with Gasteiger partial charge in [0.15, 0.2) is 0 Å². The Hall–Kier alpha value is -0.390. The number of halogens is 1. The van der Waals surface area contributed by atoms with Gasteiger partial charge in [0.2, 0.25) is 0 Å². The molecule has 0 aliphatic carbocycles. The third-order valence-electron chi connectivity index (χ3n) is 2.74. The predicted octanol–water partition coefficient (Wildman–Crippen LogP) is 3.28. The molecule has 0 amide bonds. The molecule has 0 aliphatic heterocycles. The highest BCUT2D eigenvalue weighted by molar-refractivity contribution is 9.10. The molecule has 1 aromatic heterocycles. The van der Waals surface area contributed by atoms with E-state index in [4.69, 9.17) is 4.74 Å². The van der Waals surface area contributed by atoms with Crippen LogP contribution >= 0.6 is 27.3 Å². The van der Waals surface area contributed by atoms with E-state index in [9.17, 15) is 4.79 Å². The van der Waals surface area contributed by atoms with Gasteiger partial charge in [0.05, 0.1) is 6.61 Å². The number of thiophene rings is 1. The average molecular weight is 320 g/mol. The van der Waals surface area contributed by atoms with Gasteiger partial charge >= 0.3 is 5.97 Å². The Morgan fingerprint density at radius 1 is 1.59 bits per heavy atom. The maximum Gasteiger partial charge on any atom is 0.325 e. The monoisotopic (exact) mass is 319 g/mol. The van der Waals surface area contributed by atoms with Crippen molar-refractivity contribution in [2.75, 3.05) is 13.7 Å². The van der Waals surface area contributed by atoms with Gasteiger partial charge in [0.1, 0.15) is 5.54 Å². The number of esters is 1. The molecule has 1 heterocycles. The van der Waals surface area contributed by atoms with Crippen molar-refractivity contribution in [3.8, 4) is 0 Å². The predicted molar refractivity (Wildman–Crippen MR) is 74.2 cm³/mol. The molecule has 96 valence electrons. The number of ether oxygens (including phenoxy) is 1. The molecule has 0 spiro atoms. The summed E-state index contributed by atoms with van der Waals surface area (Å²) in [5.41, 5.74) is -0.605. The van der Waals surface area contributed by atoms with Crippen LogP contribution < -0.4 is 0 Å². The van der Waals surface area contributed by atoms with E-state index in [2.05, 4.69) is 22.0 Å². The van der Waals surface area contributed by atoms with Crippen LogP contribution in [0.15, 0.2) is 15.9 Å². The maximum atomic E-state index is 11.8. The Labute approximate surface area is 115 Å². The minimum absolute atomic E-state index is 0.182. The van der Waals surface area contributed by atoms with Crippen molar-refractivity contribution >= 4 is 33.2 Å². The van der Waals surface area contributed by atoms with E-state index in [1.807, 2.05) is 38.1 Å². The highest BCUT2D eigenvalue weighted by atomic mass is 79.9. The van der Waals surface area contributed by atoms with Gasteiger partial charge in [-0.15, -0.1) is 11.3 Å². The molecule has 0 radical (unpaired) electrons. The summed E-state index contributed by atoms with van der Waals surface area (Å²) in [5.74, 6) is -0.182. The van der Waals surface area contributed by atoms with Crippen molar-refractivity contribution in [3.05, 3.63) is 20.8 Å². The zero-order valence-electron chi connectivity index (χ0n) is 10.6. The van der Waals surface area contributed by atoms with Crippen LogP contribution in [0, 0.1) is 0 Å². The third kappa shape index (κ3) is 3.79. The molecule has 0 atom stereocenters. The quantitative estimate of drug-likeness (QED) is 0.780. The number of likely N-dealkylation sites (N-methyl/N-ethyl adjacent to an activating group) is 1. The van der Waals surface area contributed by atoms with Gasteiger partial charge in [0.25, 0.3) is 0 Å². The summed E-state index contributed by atoms with van der Waals surface area (Å²) < 4.78 is 6.17. The first-order valence-electron chi connectivity index (χ1n) is 5.49. The van der Waals surface area contributed by atoms with E-state index in [1.165, 1.54) is 4.88 Å². The van der Waals surface area contributed by atoms with Crippen LogP contribution in [-0.4, -0.2) is 30.1 Å². The maximum absolute atomic E-state index is 11.8. The van der Waals surface area contributed by atoms with Crippen molar-refractivity contribution < 1.29 is 9.53 Å². The molecular weight excluding hydrogens is 302 g/mol. The number of nitrogens with zero attached hydrogens (tertiary/aromatic N) is 1. The van der Waals surface area contributed by atoms with E-state index in [-0.39, 0.29) is 5.97 Å². The van der Waals surface area contributed by atoms with E-state index < -0.39 is 5.54 Å². The lowest BCUT2D eigenvalue weighted by Crippen LogP contribution is -2.48. The molecule has 0 saturated carbocycles. The molecule has 5 heteroatoms. The smallest absolute Gasteiger partial charge is 0.325 e. The zero-order valence-corrected chi connectivity index (χ0v) is 13.0. The standard InChI is InChI=1S/C12H18BrNO2S/c1-5-16-11(15)12(2,3)14(4)7-10-6-9(13)8-17-10/h6,8H,5,7H2,1-4H3. The molecule has 0 fully saturated rings. The molecule has 17 heavy (non-hydrogen) atoms. The lowest BCUT2D eigenvalue weighted by Gasteiger charge is -2.32. The van der Waals surface area contributed by atoms with E-state index in [0.717, 1.165) is 11.0 Å². The second-order valence-corrected chi connectivity index (χ2v) is 6.28. The lowest BCUT2D eigenvalue weighted by molar-refractivity contribution is -0.155. The van der Waals surface area contributed by atoms with Crippen LogP contribution in [0.3, 0.4) is 0 Å². The summed E-state index contributed by atoms with van der Waals surface area (Å²) in [5, 5.41) is 2.04. The van der Waals surface area contributed by atoms with Crippen LogP contribution in [0.5, 0.6) is 0 Å². The number of carbonyl (C=O) groups is 1. The van der Waals surface area contributed by atoms with E-state index in [0.29, 0.717) is 6.61 Å². The normalized spacial score (nSPS) is 11.9. The molecule has 0 unspecified atom stereocenters. The summed E-state index contributed by atoms with van der Waals surface area (Å²) in [6.07, 6.45) is 0. The Kier molecular flexibility index (Phi) is 5.16. The molecule has 0 aromatic carbocycles. The first kappa shape index (κ1) is 14.7. The van der Waals surface area contributed by atoms with E-state index in [1.54, 1.807) is 11.3 Å². The third-order valence-corrected chi connectivity index (χ3v) is 4.43. The number of hydrogen-bond acceptors (Lipinski definition) is 4. The minimum atomic E-state index is -0.605. The highest BCUT2D eigenvalue weighted by Crippen LogP contribution is 2.24. The Balaban J connectivity index is 2.68. The van der Waals surface area contributed by atoms with Crippen LogP contribution in [0.1, 0.15) is 25.6 Å². The number of carbonyl (C=O) groups excluding carboxylic acids is 1. The van der Waals surface area contributed by atoms with Crippen LogP contribution in [0.4, 0.5) is 0 Å². The van der Waals surface area contributed by atoms with Crippen LogP contribution in [-0.2, 0) is 16.1 Å². The number of hydrogen-bond donors (Lipinski definition) is 0. The molecule has 1 aromatic rings. The first-order valence-corrected chi connectivity index (χ1v) is 7.16. The molecule has 3 nitrogen and oxygen atoms in total. The molecule has 1 rings (SSSR count).